The maximum Gasteiger partial charge on any atom is 0.172 e. The zero-order valence-electron chi connectivity index (χ0n) is 7.01. The molecule has 0 radical (unpaired) electrons. The highest BCUT2D eigenvalue weighted by Crippen LogP contribution is 2.10. The van der Waals surface area contributed by atoms with Crippen LogP contribution in [0.3, 0.4) is 0 Å². The molecule has 0 aromatic carbocycles. The first-order valence-electron chi connectivity index (χ1n) is 4.16. The average Bonchev–Trinajstić information content (AvgIpc) is 2.06. The molecule has 0 saturated carbocycles. The number of nitrogens with zero attached hydrogens (tertiary/aromatic N) is 2. The van der Waals surface area contributed by atoms with Crippen molar-refractivity contribution in [3.8, 4) is 0 Å². The van der Waals surface area contributed by atoms with Gasteiger partial charge in [-0.05, 0) is 13.8 Å². The van der Waals surface area contributed by atoms with Crippen LogP contribution in [0.15, 0.2) is 4.99 Å². The summed E-state index contributed by atoms with van der Waals surface area (Å²) in [5, 5.41) is 0. The van der Waals surface area contributed by atoms with E-state index in [1.54, 1.807) is 0 Å². The summed E-state index contributed by atoms with van der Waals surface area (Å²) in [4.78, 5) is 4.32. The van der Waals surface area contributed by atoms with Crippen molar-refractivity contribution in [2.45, 2.75) is 20.3 Å². The minimum absolute atomic E-state index is 1.01. The summed E-state index contributed by atoms with van der Waals surface area (Å²) < 4.78 is 1.19. The Morgan fingerprint density at radius 3 is 2.40 bits per heavy atom. The summed E-state index contributed by atoms with van der Waals surface area (Å²) in [7, 11) is 0. The molecule has 0 spiro atoms. The number of rotatable bonds is 2. The van der Waals surface area contributed by atoms with Crippen molar-refractivity contribution in [1.82, 2.24) is 0 Å². The Bertz CT molecular complexity index is 125. The summed E-state index contributed by atoms with van der Waals surface area (Å²) in [6.45, 7) is 9.26. The van der Waals surface area contributed by atoms with Gasteiger partial charge in [-0.1, -0.05) is 0 Å². The lowest BCUT2D eigenvalue weighted by molar-refractivity contribution is -0.924. The summed E-state index contributed by atoms with van der Waals surface area (Å²) in [6, 6.07) is 0. The molecule has 1 heterocycles. The highest BCUT2D eigenvalue weighted by atomic mass is 15.4. The quantitative estimate of drug-likeness (QED) is 0.514. The lowest BCUT2D eigenvalue weighted by Crippen LogP contribution is -2.50. The zero-order valence-corrected chi connectivity index (χ0v) is 7.01. The number of quaternary nitrogens is 1. The van der Waals surface area contributed by atoms with Crippen LogP contribution in [-0.2, 0) is 0 Å². The molecule has 58 valence electrons. The largest absolute Gasteiger partial charge is 0.305 e. The van der Waals surface area contributed by atoms with E-state index in [0.717, 1.165) is 6.67 Å². The lowest BCUT2D eigenvalue weighted by atomic mass is 10.3. The van der Waals surface area contributed by atoms with Crippen LogP contribution >= 0.6 is 0 Å². The van der Waals surface area contributed by atoms with E-state index in [0.29, 0.717) is 0 Å². The Kier molecular flexibility index (Phi) is 2.44. The zero-order chi connectivity index (χ0) is 7.45. The van der Waals surface area contributed by atoms with E-state index in [2.05, 4.69) is 25.1 Å². The fourth-order valence-corrected chi connectivity index (χ4v) is 1.46. The monoisotopic (exact) mass is 141 g/mol. The molecule has 0 unspecified atom stereocenters. The van der Waals surface area contributed by atoms with Gasteiger partial charge in [0.25, 0.3) is 0 Å². The number of hydrogen-bond acceptors (Lipinski definition) is 1. The minimum Gasteiger partial charge on any atom is -0.305 e. The second-order valence-corrected chi connectivity index (χ2v) is 2.99. The average molecular weight is 141 g/mol. The van der Waals surface area contributed by atoms with Crippen LogP contribution in [0.1, 0.15) is 20.3 Å². The Balaban J connectivity index is 2.55. The van der Waals surface area contributed by atoms with Gasteiger partial charge in [0, 0.05) is 12.6 Å². The molecule has 0 aromatic heterocycles. The molecule has 2 nitrogen and oxygen atoms in total. The van der Waals surface area contributed by atoms with Crippen LogP contribution in [0.4, 0.5) is 0 Å². The highest BCUT2D eigenvalue weighted by molar-refractivity contribution is 5.57. The van der Waals surface area contributed by atoms with E-state index in [4.69, 9.17) is 0 Å². The molecule has 0 N–H and O–H groups in total. The topological polar surface area (TPSA) is 12.4 Å². The van der Waals surface area contributed by atoms with Crippen molar-refractivity contribution >= 4 is 6.21 Å². The molecule has 10 heavy (non-hydrogen) atoms. The fraction of sp³-hybridized carbons (Fsp3) is 0.875. The van der Waals surface area contributed by atoms with Gasteiger partial charge in [0.05, 0.1) is 19.6 Å². The molecule has 1 aliphatic rings. The van der Waals surface area contributed by atoms with Crippen molar-refractivity contribution in [3.63, 3.8) is 0 Å². The normalized spacial score (nSPS) is 23.0. The van der Waals surface area contributed by atoms with E-state index in [1.807, 2.05) is 0 Å². The van der Waals surface area contributed by atoms with Gasteiger partial charge in [0.2, 0.25) is 0 Å². The van der Waals surface area contributed by atoms with Crippen molar-refractivity contribution in [2.24, 2.45) is 4.99 Å². The molecular formula is C8H17N2+. The Hall–Kier alpha value is -0.370. The van der Waals surface area contributed by atoms with Gasteiger partial charge in [0.15, 0.2) is 6.67 Å². The summed E-state index contributed by atoms with van der Waals surface area (Å²) in [5.41, 5.74) is 0. The predicted octanol–water partition coefficient (Wildman–Crippen LogP) is 1.27. The number of aliphatic imine (C=N–C) groups is 1. The van der Waals surface area contributed by atoms with E-state index >= 15 is 0 Å². The van der Waals surface area contributed by atoms with Crippen LogP contribution < -0.4 is 0 Å². The van der Waals surface area contributed by atoms with E-state index in [1.165, 1.54) is 30.5 Å². The van der Waals surface area contributed by atoms with Crippen LogP contribution in [0.5, 0.6) is 0 Å². The molecule has 0 aliphatic carbocycles. The first-order valence-corrected chi connectivity index (χ1v) is 4.16. The molecule has 1 aliphatic heterocycles. The summed E-state index contributed by atoms with van der Waals surface area (Å²) in [5.74, 6) is 0. The molecule has 2 heteroatoms. The fourth-order valence-electron chi connectivity index (χ4n) is 1.46. The Morgan fingerprint density at radius 2 is 2.10 bits per heavy atom. The highest BCUT2D eigenvalue weighted by Gasteiger charge is 2.23. The van der Waals surface area contributed by atoms with Crippen molar-refractivity contribution < 1.29 is 4.48 Å². The third kappa shape index (κ3) is 1.37. The molecule has 0 atom stereocenters. The maximum atomic E-state index is 4.32. The molecule has 0 bridgehead atoms. The van der Waals surface area contributed by atoms with Gasteiger partial charge >= 0.3 is 0 Å². The van der Waals surface area contributed by atoms with Crippen molar-refractivity contribution in [2.75, 3.05) is 26.3 Å². The van der Waals surface area contributed by atoms with Crippen LogP contribution in [0.25, 0.3) is 0 Å². The molecule has 0 amide bonds. The van der Waals surface area contributed by atoms with E-state index < -0.39 is 0 Å². The van der Waals surface area contributed by atoms with Gasteiger partial charge in [-0.15, -0.1) is 0 Å². The second-order valence-electron chi connectivity index (χ2n) is 2.99. The number of hydrogen-bond donors (Lipinski definition) is 0. The summed E-state index contributed by atoms with van der Waals surface area (Å²) in [6.07, 6.45) is 3.23. The first-order chi connectivity index (χ1) is 4.83. The first kappa shape index (κ1) is 7.73. The Morgan fingerprint density at radius 1 is 1.40 bits per heavy atom. The third-order valence-electron chi connectivity index (χ3n) is 2.58. The minimum atomic E-state index is 1.01. The SMILES string of the molecule is CC[N+]1(CC)CCC=NC1. The molecule has 0 saturated heterocycles. The van der Waals surface area contributed by atoms with Gasteiger partial charge in [-0.3, -0.25) is 0 Å². The maximum absolute atomic E-state index is 4.32. The molecule has 0 aromatic rings. The lowest BCUT2D eigenvalue weighted by Gasteiger charge is -2.36. The smallest absolute Gasteiger partial charge is 0.172 e. The van der Waals surface area contributed by atoms with Crippen LogP contribution in [-0.4, -0.2) is 37.0 Å². The van der Waals surface area contributed by atoms with Crippen LogP contribution in [0.2, 0.25) is 0 Å². The van der Waals surface area contributed by atoms with Crippen LogP contribution in [0, 0.1) is 0 Å². The van der Waals surface area contributed by atoms with E-state index in [9.17, 15) is 0 Å². The second kappa shape index (κ2) is 3.15. The van der Waals surface area contributed by atoms with Gasteiger partial charge in [-0.25, -0.2) is 4.99 Å². The third-order valence-corrected chi connectivity index (χ3v) is 2.58. The van der Waals surface area contributed by atoms with Gasteiger partial charge < -0.3 is 4.48 Å². The molecular weight excluding hydrogens is 124 g/mol. The van der Waals surface area contributed by atoms with E-state index in [-0.39, 0.29) is 0 Å². The van der Waals surface area contributed by atoms with Gasteiger partial charge in [-0.2, -0.15) is 0 Å². The standard InChI is InChI=1S/C8H17N2/c1-3-10(4-2)7-5-6-9-8-10/h6H,3-5,7-8H2,1-2H3/q+1. The van der Waals surface area contributed by atoms with Crippen molar-refractivity contribution in [1.29, 1.82) is 0 Å². The predicted molar refractivity (Wildman–Crippen MR) is 44.2 cm³/mol. The molecule has 0 fully saturated rings. The summed E-state index contributed by atoms with van der Waals surface area (Å²) >= 11 is 0. The van der Waals surface area contributed by atoms with Crippen molar-refractivity contribution in [3.05, 3.63) is 0 Å². The molecule has 1 rings (SSSR count). The van der Waals surface area contributed by atoms with Gasteiger partial charge in [0.1, 0.15) is 0 Å². The Labute approximate surface area is 63.2 Å².